The number of pyridine rings is 1. The van der Waals surface area contributed by atoms with Gasteiger partial charge < -0.3 is 5.32 Å². The van der Waals surface area contributed by atoms with Crippen molar-refractivity contribution in [2.45, 2.75) is 19.1 Å². The normalized spacial score (nSPS) is 15.9. The molecule has 0 amide bonds. The fraction of sp³-hybridized carbons (Fsp3) is 0.143. The van der Waals surface area contributed by atoms with Crippen LogP contribution in [-0.2, 0) is 6.18 Å². The van der Waals surface area contributed by atoms with E-state index in [-0.39, 0.29) is 27.5 Å². The van der Waals surface area contributed by atoms with Gasteiger partial charge >= 0.3 is 6.18 Å². The Labute approximate surface area is 199 Å². The summed E-state index contributed by atoms with van der Waals surface area (Å²) in [5.41, 5.74) is 0.363. The summed E-state index contributed by atoms with van der Waals surface area (Å²) < 4.78 is 56.8. The Kier molecular flexibility index (Phi) is 5.33. The van der Waals surface area contributed by atoms with Crippen LogP contribution in [-0.4, -0.2) is 29.5 Å². The van der Waals surface area contributed by atoms with Crippen LogP contribution in [0.25, 0.3) is 11.4 Å². The summed E-state index contributed by atoms with van der Waals surface area (Å²) in [5, 5.41) is 11.4. The van der Waals surface area contributed by atoms with Crippen LogP contribution >= 0.6 is 23.2 Å². The average molecular weight is 510 g/mol. The third-order valence-corrected chi connectivity index (χ3v) is 5.97. The third kappa shape index (κ3) is 3.80. The van der Waals surface area contributed by atoms with Gasteiger partial charge in [-0.15, -0.1) is 0 Å². The predicted molar refractivity (Wildman–Crippen MR) is 117 cm³/mol. The van der Waals surface area contributed by atoms with Gasteiger partial charge in [0.2, 0.25) is 5.95 Å². The lowest BCUT2D eigenvalue weighted by Gasteiger charge is -2.30. The number of halogens is 6. The molecule has 0 spiro atoms. The molecule has 0 saturated carbocycles. The number of rotatable bonds is 3. The van der Waals surface area contributed by atoms with E-state index in [0.29, 0.717) is 16.8 Å². The number of nitrogens with zero attached hydrogens (tertiary/aromatic N) is 6. The largest absolute Gasteiger partial charge is 0.435 e. The van der Waals surface area contributed by atoms with Crippen LogP contribution in [0.4, 0.5) is 23.4 Å². The zero-order chi connectivity index (χ0) is 24.2. The molecule has 0 saturated heterocycles. The maximum absolute atomic E-state index is 13.8. The third-order valence-electron chi connectivity index (χ3n) is 5.23. The molecule has 0 aliphatic carbocycles. The molecule has 1 N–H and O–H groups in total. The number of fused-ring (bicyclic) bond motifs is 1. The van der Waals surface area contributed by atoms with E-state index in [2.05, 4.69) is 25.5 Å². The maximum atomic E-state index is 13.8. The summed E-state index contributed by atoms with van der Waals surface area (Å²) in [6, 6.07) is 8.93. The fourth-order valence-electron chi connectivity index (χ4n) is 3.80. The summed E-state index contributed by atoms with van der Waals surface area (Å²) >= 11 is 12.3. The summed E-state index contributed by atoms with van der Waals surface area (Å²) in [6.07, 6.45) is -3.42. The van der Waals surface area contributed by atoms with E-state index >= 15 is 0 Å². The number of benzene rings is 1. The number of allylic oxidation sites excluding steroid dienone is 2. The van der Waals surface area contributed by atoms with Crippen molar-refractivity contribution < 1.29 is 17.6 Å². The quantitative estimate of drug-likeness (QED) is 0.280. The van der Waals surface area contributed by atoms with E-state index in [1.165, 1.54) is 33.9 Å². The van der Waals surface area contributed by atoms with Gasteiger partial charge in [0.15, 0.2) is 17.3 Å². The standard InChI is InChI=1S/C21H13Cl2F4N7/c1-10-18(20-28-9-29-34(20)16-4-2-3-15(24)31-16)19(11-5-6-12(22)13(23)7-11)33-17(30-10)8-14(32-33)21(25,26)27/h2-9,19,30H,1H3/t19-/m1/s1. The van der Waals surface area contributed by atoms with Crippen LogP contribution in [0.2, 0.25) is 10.0 Å². The number of nitrogens with one attached hydrogen (secondary N) is 1. The van der Waals surface area contributed by atoms with Gasteiger partial charge in [0.1, 0.15) is 18.2 Å². The number of anilines is 1. The molecule has 174 valence electrons. The SMILES string of the molecule is CC1=C(c2ncnn2-c2cccc(F)n2)[C@@H](c2ccc(Cl)c(Cl)c2)n2nc(C(F)(F)F)cc2N1. The van der Waals surface area contributed by atoms with E-state index in [1.54, 1.807) is 25.1 Å². The second-order valence-electron chi connectivity index (χ2n) is 7.41. The smallest absolute Gasteiger partial charge is 0.344 e. The summed E-state index contributed by atoms with van der Waals surface area (Å²) in [7, 11) is 0. The van der Waals surface area contributed by atoms with Crippen LogP contribution < -0.4 is 5.32 Å². The highest BCUT2D eigenvalue weighted by Crippen LogP contribution is 2.43. The zero-order valence-corrected chi connectivity index (χ0v) is 18.7. The lowest BCUT2D eigenvalue weighted by molar-refractivity contribution is -0.141. The lowest BCUT2D eigenvalue weighted by atomic mass is 9.95. The van der Waals surface area contributed by atoms with E-state index in [0.717, 1.165) is 6.07 Å². The molecule has 0 fully saturated rings. The van der Waals surface area contributed by atoms with Gasteiger partial charge in [-0.25, -0.2) is 14.6 Å². The molecular formula is C21H13Cl2F4N7. The lowest BCUT2D eigenvalue weighted by Crippen LogP contribution is -2.25. The molecule has 13 heteroatoms. The number of hydrogen-bond donors (Lipinski definition) is 1. The minimum atomic E-state index is -4.66. The molecule has 0 unspecified atom stereocenters. The van der Waals surface area contributed by atoms with Crippen molar-refractivity contribution in [2.75, 3.05) is 5.32 Å². The van der Waals surface area contributed by atoms with Crippen molar-refractivity contribution >= 4 is 34.6 Å². The Hall–Kier alpha value is -3.44. The predicted octanol–water partition coefficient (Wildman–Crippen LogP) is 5.77. The molecule has 34 heavy (non-hydrogen) atoms. The van der Waals surface area contributed by atoms with Crippen molar-refractivity contribution in [3.63, 3.8) is 0 Å². The molecule has 1 aliphatic rings. The Balaban J connectivity index is 1.74. The molecule has 1 atom stereocenters. The first-order chi connectivity index (χ1) is 16.1. The summed E-state index contributed by atoms with van der Waals surface area (Å²) in [4.78, 5) is 8.15. The van der Waals surface area contributed by atoms with Crippen LogP contribution in [0, 0.1) is 5.95 Å². The first-order valence-corrected chi connectivity index (χ1v) is 10.5. The van der Waals surface area contributed by atoms with Crippen molar-refractivity contribution in [2.24, 2.45) is 0 Å². The maximum Gasteiger partial charge on any atom is 0.435 e. The van der Waals surface area contributed by atoms with E-state index in [9.17, 15) is 17.6 Å². The van der Waals surface area contributed by atoms with E-state index in [4.69, 9.17) is 23.2 Å². The van der Waals surface area contributed by atoms with Gasteiger partial charge in [-0.2, -0.15) is 32.4 Å². The van der Waals surface area contributed by atoms with Crippen LogP contribution in [0.3, 0.4) is 0 Å². The van der Waals surface area contributed by atoms with Crippen molar-refractivity contribution in [1.82, 2.24) is 29.5 Å². The Morgan fingerprint density at radius 1 is 1.06 bits per heavy atom. The average Bonchev–Trinajstić information content (AvgIpc) is 3.41. The Bertz CT molecular complexity index is 1440. The minimum Gasteiger partial charge on any atom is -0.344 e. The van der Waals surface area contributed by atoms with Crippen molar-refractivity contribution in [3.8, 4) is 5.82 Å². The number of aromatic nitrogens is 6. The highest BCUT2D eigenvalue weighted by atomic mass is 35.5. The molecule has 1 aromatic carbocycles. The highest BCUT2D eigenvalue weighted by Gasteiger charge is 2.39. The van der Waals surface area contributed by atoms with E-state index < -0.39 is 23.9 Å². The monoisotopic (exact) mass is 509 g/mol. The molecule has 7 nitrogen and oxygen atoms in total. The molecule has 0 radical (unpaired) electrons. The Morgan fingerprint density at radius 3 is 2.56 bits per heavy atom. The summed E-state index contributed by atoms with van der Waals surface area (Å²) in [6.45, 7) is 1.68. The van der Waals surface area contributed by atoms with Crippen molar-refractivity contribution in [3.05, 3.63) is 87.6 Å². The minimum absolute atomic E-state index is 0.125. The van der Waals surface area contributed by atoms with Gasteiger partial charge in [-0.3, -0.25) is 0 Å². The molecule has 5 rings (SSSR count). The zero-order valence-electron chi connectivity index (χ0n) is 17.1. The van der Waals surface area contributed by atoms with Crippen molar-refractivity contribution in [1.29, 1.82) is 0 Å². The molecule has 4 heterocycles. The molecule has 1 aliphatic heterocycles. The first-order valence-electron chi connectivity index (χ1n) is 9.76. The molecule has 0 bridgehead atoms. The topological polar surface area (TPSA) is 73.5 Å². The van der Waals surface area contributed by atoms with Gasteiger partial charge in [-0.05, 0) is 36.8 Å². The van der Waals surface area contributed by atoms with Gasteiger partial charge in [0.25, 0.3) is 0 Å². The Morgan fingerprint density at radius 2 is 1.85 bits per heavy atom. The summed E-state index contributed by atoms with van der Waals surface area (Å²) in [5.74, 6) is -0.229. The fourth-order valence-corrected chi connectivity index (χ4v) is 4.11. The highest BCUT2D eigenvalue weighted by molar-refractivity contribution is 6.42. The number of alkyl halides is 3. The number of hydrogen-bond acceptors (Lipinski definition) is 5. The molecular weight excluding hydrogens is 497 g/mol. The second-order valence-corrected chi connectivity index (χ2v) is 8.23. The van der Waals surface area contributed by atoms with Gasteiger partial charge in [0.05, 0.1) is 10.0 Å². The van der Waals surface area contributed by atoms with Crippen LogP contribution in [0.5, 0.6) is 0 Å². The van der Waals surface area contributed by atoms with Crippen LogP contribution in [0.1, 0.15) is 30.0 Å². The molecule has 3 aromatic heterocycles. The van der Waals surface area contributed by atoms with Gasteiger partial charge in [0, 0.05) is 17.3 Å². The first kappa shape index (κ1) is 22.4. The van der Waals surface area contributed by atoms with Gasteiger partial charge in [-0.1, -0.05) is 35.3 Å². The second kappa shape index (κ2) is 8.10. The van der Waals surface area contributed by atoms with E-state index in [1.807, 2.05) is 0 Å². The molecule has 4 aromatic rings. The van der Waals surface area contributed by atoms with Crippen LogP contribution in [0.15, 0.2) is 54.5 Å².